The molecule has 0 saturated carbocycles. The minimum absolute atomic E-state index is 0.00737. The van der Waals surface area contributed by atoms with Gasteiger partial charge in [-0.2, -0.15) is 0 Å². The second-order valence-corrected chi connectivity index (χ2v) is 11.7. The lowest BCUT2D eigenvalue weighted by Crippen LogP contribution is -2.45. The highest BCUT2D eigenvalue weighted by atomic mass is 16.6. The van der Waals surface area contributed by atoms with Crippen LogP contribution in [0.1, 0.15) is 59.6 Å². The molecule has 0 aromatic heterocycles. The third kappa shape index (κ3) is 15.4. The predicted octanol–water partition coefficient (Wildman–Crippen LogP) is 4.71. The predicted molar refractivity (Wildman–Crippen MR) is 164 cm³/mol. The summed E-state index contributed by atoms with van der Waals surface area (Å²) in [5, 5.41) is 35.1. The summed E-state index contributed by atoms with van der Waals surface area (Å²) in [6, 6.07) is 9.06. The molecule has 16 heteroatoms. The number of nitro groups is 2. The van der Waals surface area contributed by atoms with Gasteiger partial charge in [0.1, 0.15) is 23.3 Å². The minimum atomic E-state index is -1.22. The molecular weight excluding hydrogens is 608 g/mol. The SMILES string of the molecule is CC(C)(C)OC(=O)N[C@H](Cc1ccc([N+](=O)[O-])cc1)C(=O)O.CCOC(=O)[C@@H](Cc1ccc([N+](=O)[O-])cc1)NC(=O)OC(C)(C)C. The van der Waals surface area contributed by atoms with E-state index >= 15 is 0 Å². The van der Waals surface area contributed by atoms with Crippen LogP contribution in [0.15, 0.2) is 48.5 Å². The van der Waals surface area contributed by atoms with Crippen LogP contribution in [0.5, 0.6) is 0 Å². The lowest BCUT2D eigenvalue weighted by atomic mass is 10.1. The number of esters is 1. The lowest BCUT2D eigenvalue weighted by molar-refractivity contribution is -0.385. The molecule has 0 unspecified atom stereocenters. The van der Waals surface area contributed by atoms with Crippen LogP contribution in [0.25, 0.3) is 0 Å². The van der Waals surface area contributed by atoms with Gasteiger partial charge < -0.3 is 30.0 Å². The number of hydrogen-bond donors (Lipinski definition) is 3. The van der Waals surface area contributed by atoms with E-state index in [1.165, 1.54) is 48.5 Å². The smallest absolute Gasteiger partial charge is 0.408 e. The Bertz CT molecular complexity index is 1360. The summed E-state index contributed by atoms with van der Waals surface area (Å²) in [6.07, 6.45) is -1.44. The first kappa shape index (κ1) is 38.7. The highest BCUT2D eigenvalue weighted by Crippen LogP contribution is 2.16. The molecular formula is C30H40N4O12. The van der Waals surface area contributed by atoms with E-state index in [0.29, 0.717) is 11.1 Å². The molecule has 252 valence electrons. The molecule has 0 saturated heterocycles. The minimum Gasteiger partial charge on any atom is -0.480 e. The zero-order valence-corrected chi connectivity index (χ0v) is 26.7. The lowest BCUT2D eigenvalue weighted by Gasteiger charge is -2.23. The van der Waals surface area contributed by atoms with Crippen molar-refractivity contribution in [1.29, 1.82) is 0 Å². The number of benzene rings is 2. The van der Waals surface area contributed by atoms with Gasteiger partial charge in [-0.15, -0.1) is 0 Å². The second kappa shape index (κ2) is 17.3. The second-order valence-electron chi connectivity index (χ2n) is 11.7. The molecule has 46 heavy (non-hydrogen) atoms. The number of amides is 2. The number of carboxylic acid groups (broad SMARTS) is 1. The molecule has 0 aliphatic rings. The van der Waals surface area contributed by atoms with Crippen molar-refractivity contribution in [2.24, 2.45) is 0 Å². The Balaban J connectivity index is 0.000000462. The summed E-state index contributed by atoms with van der Waals surface area (Å²) >= 11 is 0. The number of nitrogens with zero attached hydrogens (tertiary/aromatic N) is 2. The average Bonchev–Trinajstić information content (AvgIpc) is 2.91. The van der Waals surface area contributed by atoms with Crippen LogP contribution in [-0.2, 0) is 36.6 Å². The number of rotatable bonds is 11. The first-order valence-corrected chi connectivity index (χ1v) is 14.1. The molecule has 0 fully saturated rings. The molecule has 2 amide bonds. The van der Waals surface area contributed by atoms with Gasteiger partial charge in [-0.1, -0.05) is 24.3 Å². The number of aliphatic carboxylic acids is 1. The van der Waals surface area contributed by atoms with E-state index < -0.39 is 57.3 Å². The van der Waals surface area contributed by atoms with Crippen LogP contribution in [0.2, 0.25) is 0 Å². The van der Waals surface area contributed by atoms with E-state index in [0.717, 1.165) is 0 Å². The molecule has 2 aromatic rings. The fourth-order valence-electron chi connectivity index (χ4n) is 3.51. The quantitative estimate of drug-likeness (QED) is 0.130. The maximum atomic E-state index is 12.0. The molecule has 2 aromatic carbocycles. The Labute approximate surface area is 265 Å². The van der Waals surface area contributed by atoms with Crippen LogP contribution < -0.4 is 10.6 Å². The van der Waals surface area contributed by atoms with E-state index in [1.807, 2.05) is 0 Å². The van der Waals surface area contributed by atoms with Crippen LogP contribution >= 0.6 is 0 Å². The fourth-order valence-corrected chi connectivity index (χ4v) is 3.51. The summed E-state index contributed by atoms with van der Waals surface area (Å²) < 4.78 is 15.1. The fraction of sp³-hybridized carbons (Fsp3) is 0.467. The van der Waals surface area contributed by atoms with Gasteiger partial charge in [0.25, 0.3) is 11.4 Å². The summed E-state index contributed by atoms with van der Waals surface area (Å²) in [4.78, 5) is 66.9. The zero-order valence-electron chi connectivity index (χ0n) is 26.7. The molecule has 0 radical (unpaired) electrons. The topological polar surface area (TPSA) is 227 Å². The Morgan fingerprint density at radius 2 is 1.07 bits per heavy atom. The first-order chi connectivity index (χ1) is 21.2. The molecule has 3 N–H and O–H groups in total. The van der Waals surface area contributed by atoms with Gasteiger partial charge in [-0.25, -0.2) is 19.2 Å². The van der Waals surface area contributed by atoms with Crippen molar-refractivity contribution in [2.75, 3.05) is 6.61 Å². The molecule has 0 spiro atoms. The molecule has 2 atom stereocenters. The first-order valence-electron chi connectivity index (χ1n) is 14.1. The Hall–Kier alpha value is -5.28. The monoisotopic (exact) mass is 648 g/mol. The van der Waals surface area contributed by atoms with Crippen LogP contribution in [-0.4, -0.2) is 69.0 Å². The van der Waals surface area contributed by atoms with Gasteiger partial charge in [0.05, 0.1) is 16.5 Å². The normalized spacial score (nSPS) is 12.2. The Morgan fingerprint density at radius 1 is 0.717 bits per heavy atom. The molecule has 16 nitrogen and oxygen atoms in total. The maximum Gasteiger partial charge on any atom is 0.408 e. The van der Waals surface area contributed by atoms with Crippen molar-refractivity contribution in [1.82, 2.24) is 10.6 Å². The van der Waals surface area contributed by atoms with E-state index in [-0.39, 0.29) is 30.8 Å². The number of carboxylic acids is 1. The third-order valence-corrected chi connectivity index (χ3v) is 5.43. The van der Waals surface area contributed by atoms with Gasteiger partial charge in [0, 0.05) is 37.1 Å². The highest BCUT2D eigenvalue weighted by molar-refractivity contribution is 5.82. The van der Waals surface area contributed by atoms with E-state index in [2.05, 4.69) is 10.6 Å². The van der Waals surface area contributed by atoms with Gasteiger partial charge in [0.15, 0.2) is 0 Å². The molecule has 0 bridgehead atoms. The average molecular weight is 649 g/mol. The molecule has 0 aliphatic heterocycles. The van der Waals surface area contributed by atoms with Crippen LogP contribution in [0, 0.1) is 20.2 Å². The van der Waals surface area contributed by atoms with Gasteiger partial charge in [-0.3, -0.25) is 20.2 Å². The summed E-state index contributed by atoms with van der Waals surface area (Å²) in [7, 11) is 0. The Kier molecular flexibility index (Phi) is 14.5. The number of hydrogen-bond acceptors (Lipinski definition) is 11. The van der Waals surface area contributed by atoms with Gasteiger partial charge >= 0.3 is 24.1 Å². The number of nitrogens with one attached hydrogen (secondary N) is 2. The van der Waals surface area contributed by atoms with E-state index in [4.69, 9.17) is 19.3 Å². The third-order valence-electron chi connectivity index (χ3n) is 5.43. The van der Waals surface area contributed by atoms with Gasteiger partial charge in [0.2, 0.25) is 0 Å². The largest absolute Gasteiger partial charge is 0.480 e. The number of alkyl carbamates (subject to hydrolysis) is 2. The standard InChI is InChI=1S/C16H22N2O6.C14H18N2O6/c1-5-23-14(19)13(17-15(20)24-16(2,3)4)10-11-6-8-12(9-7-11)18(21)22;1-14(2,3)22-13(19)15-11(12(17)18)8-9-4-6-10(7-5-9)16(20)21/h6-9,13H,5,10H2,1-4H3,(H,17,20);4-7,11H,8H2,1-3H3,(H,15,19)(H,17,18)/t13-;11-/m11/s1. The summed E-state index contributed by atoms with van der Waals surface area (Å²) in [5.74, 6) is -1.81. The summed E-state index contributed by atoms with van der Waals surface area (Å²) in [5.41, 5.74) is -0.372. The number of carbonyl (C=O) groups is 4. The van der Waals surface area contributed by atoms with Crippen molar-refractivity contribution in [2.45, 2.75) is 84.6 Å². The van der Waals surface area contributed by atoms with Gasteiger partial charge in [-0.05, 0) is 59.6 Å². The van der Waals surface area contributed by atoms with Crippen LogP contribution in [0.4, 0.5) is 21.0 Å². The molecule has 2 rings (SSSR count). The Morgan fingerprint density at radius 3 is 1.37 bits per heavy atom. The molecule has 0 heterocycles. The van der Waals surface area contributed by atoms with Crippen molar-refractivity contribution in [3.8, 4) is 0 Å². The molecule has 0 aliphatic carbocycles. The maximum absolute atomic E-state index is 12.0. The van der Waals surface area contributed by atoms with Crippen LogP contribution in [0.3, 0.4) is 0 Å². The number of ether oxygens (including phenoxy) is 3. The number of non-ortho nitro benzene ring substituents is 2. The van der Waals surface area contributed by atoms with Crippen molar-refractivity contribution in [3.05, 3.63) is 79.9 Å². The summed E-state index contributed by atoms with van der Waals surface area (Å²) in [6.45, 7) is 12.0. The van der Waals surface area contributed by atoms with E-state index in [9.17, 15) is 39.4 Å². The van der Waals surface area contributed by atoms with Crippen molar-refractivity contribution >= 4 is 35.5 Å². The number of nitro benzene ring substituents is 2. The highest BCUT2D eigenvalue weighted by Gasteiger charge is 2.26. The number of carbonyl (C=O) groups excluding carboxylic acids is 3. The van der Waals surface area contributed by atoms with E-state index in [1.54, 1.807) is 48.5 Å². The van der Waals surface area contributed by atoms with Crippen molar-refractivity contribution < 1.29 is 48.3 Å². The van der Waals surface area contributed by atoms with Crippen molar-refractivity contribution in [3.63, 3.8) is 0 Å². The zero-order chi connectivity index (χ0) is 35.2.